The third kappa shape index (κ3) is 4.68. The number of nitrogens with one attached hydrogen (secondary N) is 1. The largest absolute Gasteiger partial charge is 0.493 e. The molecule has 0 spiro atoms. The van der Waals surface area contributed by atoms with Crippen LogP contribution in [-0.4, -0.2) is 45.3 Å². The lowest BCUT2D eigenvalue weighted by Gasteiger charge is -2.16. The second-order valence-electron chi connectivity index (χ2n) is 8.64. The molecular formula is C24H26N8O2S. The number of nitrogens with zero attached hydrogens (tertiary/aromatic N) is 7. The molecule has 180 valence electrons. The van der Waals surface area contributed by atoms with Gasteiger partial charge in [0, 0.05) is 23.1 Å². The van der Waals surface area contributed by atoms with Crippen molar-refractivity contribution < 1.29 is 5.11 Å². The summed E-state index contributed by atoms with van der Waals surface area (Å²) in [6.07, 6.45) is 6.75. The second kappa shape index (κ2) is 9.57. The van der Waals surface area contributed by atoms with E-state index in [0.717, 1.165) is 34.9 Å². The van der Waals surface area contributed by atoms with Gasteiger partial charge in [-0.25, -0.2) is 24.9 Å². The number of rotatable bonds is 8. The minimum absolute atomic E-state index is 0.165. The third-order valence-electron chi connectivity index (χ3n) is 5.74. The highest BCUT2D eigenvalue weighted by molar-refractivity contribution is 7.99. The van der Waals surface area contributed by atoms with E-state index in [4.69, 9.17) is 0 Å². The lowest BCUT2D eigenvalue weighted by Crippen LogP contribution is -2.27. The summed E-state index contributed by atoms with van der Waals surface area (Å²) in [4.78, 5) is 40.8. The summed E-state index contributed by atoms with van der Waals surface area (Å²) in [5, 5.41) is 13.6. The highest BCUT2D eigenvalue weighted by Gasteiger charge is 2.31. The van der Waals surface area contributed by atoms with Crippen LogP contribution < -0.4 is 10.9 Å². The van der Waals surface area contributed by atoms with E-state index in [1.807, 2.05) is 32.2 Å². The van der Waals surface area contributed by atoms with Gasteiger partial charge in [0.2, 0.25) is 5.88 Å². The zero-order chi connectivity index (χ0) is 24.5. The molecule has 4 aromatic heterocycles. The molecule has 11 heteroatoms. The number of hydrogen-bond donors (Lipinski definition) is 2. The molecule has 1 saturated carbocycles. The first-order valence-electron chi connectivity index (χ1n) is 11.6. The molecule has 0 atom stereocenters. The number of aromatic nitrogens is 7. The molecule has 2 N–H and O–H groups in total. The Kier molecular flexibility index (Phi) is 6.33. The van der Waals surface area contributed by atoms with Crippen LogP contribution in [0.3, 0.4) is 0 Å². The average Bonchev–Trinajstić information content (AvgIpc) is 3.69. The maximum absolute atomic E-state index is 13.4. The quantitative estimate of drug-likeness (QED) is 0.350. The average molecular weight is 491 g/mol. The van der Waals surface area contributed by atoms with Crippen molar-refractivity contribution in [3.63, 3.8) is 0 Å². The predicted octanol–water partition coefficient (Wildman–Crippen LogP) is 3.93. The van der Waals surface area contributed by atoms with Crippen LogP contribution in [0, 0.1) is 0 Å². The molecule has 10 nitrogen and oxygen atoms in total. The van der Waals surface area contributed by atoms with Gasteiger partial charge in [-0.2, -0.15) is 0 Å². The molecule has 0 unspecified atom stereocenters. The van der Waals surface area contributed by atoms with Crippen molar-refractivity contribution in [3.8, 4) is 17.3 Å². The molecule has 1 fully saturated rings. The van der Waals surface area contributed by atoms with Crippen molar-refractivity contribution in [3.05, 3.63) is 52.6 Å². The Morgan fingerprint density at radius 1 is 1.14 bits per heavy atom. The van der Waals surface area contributed by atoms with Crippen molar-refractivity contribution in [2.45, 2.75) is 57.0 Å². The van der Waals surface area contributed by atoms with E-state index >= 15 is 0 Å². The van der Waals surface area contributed by atoms with Gasteiger partial charge < -0.3 is 10.4 Å². The fourth-order valence-electron chi connectivity index (χ4n) is 3.93. The van der Waals surface area contributed by atoms with Crippen LogP contribution in [-0.2, 0) is 6.54 Å². The maximum atomic E-state index is 13.4. The molecular weight excluding hydrogens is 464 g/mol. The van der Waals surface area contributed by atoms with E-state index in [-0.39, 0.29) is 35.0 Å². The normalized spacial score (nSPS) is 13.5. The van der Waals surface area contributed by atoms with Gasteiger partial charge in [-0.3, -0.25) is 14.3 Å². The molecule has 35 heavy (non-hydrogen) atoms. The Bertz CT molecular complexity index is 1430. The fraction of sp³-hybridized carbons (Fsp3) is 0.375. The number of anilines is 1. The predicted molar refractivity (Wildman–Crippen MR) is 135 cm³/mol. The van der Waals surface area contributed by atoms with E-state index < -0.39 is 0 Å². The highest BCUT2D eigenvalue weighted by Crippen LogP contribution is 2.44. The highest BCUT2D eigenvalue weighted by atomic mass is 32.2. The van der Waals surface area contributed by atoms with Crippen LogP contribution >= 0.6 is 11.8 Å². The Labute approximate surface area is 206 Å². The van der Waals surface area contributed by atoms with Crippen LogP contribution in [0.25, 0.3) is 22.6 Å². The molecule has 4 heterocycles. The molecule has 0 bridgehead atoms. The van der Waals surface area contributed by atoms with Crippen LogP contribution in [0.4, 0.5) is 5.82 Å². The van der Waals surface area contributed by atoms with Crippen LogP contribution in [0.2, 0.25) is 0 Å². The second-order valence-corrected chi connectivity index (χ2v) is 9.97. The molecule has 0 aromatic carbocycles. The minimum Gasteiger partial charge on any atom is -0.493 e. The van der Waals surface area contributed by atoms with Crippen LogP contribution in [0.5, 0.6) is 5.88 Å². The first kappa shape index (κ1) is 23.2. The van der Waals surface area contributed by atoms with Crippen molar-refractivity contribution in [1.82, 2.24) is 34.5 Å². The SMILES string of the molecule is CCSc1ccc(CNc2nc3cnc(-c4c(O)ncnc4C4CC4)nc3n(C(C)C)c2=O)nc1. The Hall–Kier alpha value is -3.60. The van der Waals surface area contributed by atoms with E-state index in [0.29, 0.717) is 23.3 Å². The number of fused-ring (bicyclic) bond motifs is 1. The number of thioether (sulfide) groups is 1. The summed E-state index contributed by atoms with van der Waals surface area (Å²) >= 11 is 1.73. The van der Waals surface area contributed by atoms with Gasteiger partial charge in [0.25, 0.3) is 5.56 Å². The van der Waals surface area contributed by atoms with Gasteiger partial charge in [0.1, 0.15) is 17.4 Å². The van der Waals surface area contributed by atoms with Crippen molar-refractivity contribution in [2.75, 3.05) is 11.1 Å². The molecule has 0 radical (unpaired) electrons. The summed E-state index contributed by atoms with van der Waals surface area (Å²) in [6.45, 7) is 6.29. The van der Waals surface area contributed by atoms with Gasteiger partial charge in [0.15, 0.2) is 17.3 Å². The molecule has 0 aliphatic heterocycles. The number of aromatic hydroxyl groups is 1. The minimum atomic E-state index is -0.286. The molecule has 0 amide bonds. The van der Waals surface area contributed by atoms with E-state index in [1.54, 1.807) is 22.5 Å². The zero-order valence-electron chi connectivity index (χ0n) is 19.8. The summed E-state index contributed by atoms with van der Waals surface area (Å²) in [5.41, 5.74) is 2.53. The fourth-order valence-corrected chi connectivity index (χ4v) is 4.55. The van der Waals surface area contributed by atoms with Gasteiger partial charge in [-0.1, -0.05) is 6.92 Å². The molecule has 5 rings (SSSR count). The zero-order valence-corrected chi connectivity index (χ0v) is 20.6. The van der Waals surface area contributed by atoms with E-state index in [9.17, 15) is 9.90 Å². The maximum Gasteiger partial charge on any atom is 0.295 e. The summed E-state index contributed by atoms with van der Waals surface area (Å²) < 4.78 is 1.59. The van der Waals surface area contributed by atoms with Gasteiger partial charge in [-0.15, -0.1) is 11.8 Å². The topological polar surface area (TPSA) is 132 Å². The smallest absolute Gasteiger partial charge is 0.295 e. The molecule has 1 aliphatic carbocycles. The lowest BCUT2D eigenvalue weighted by atomic mass is 10.1. The van der Waals surface area contributed by atoms with Crippen molar-refractivity contribution >= 4 is 28.7 Å². The molecule has 4 aromatic rings. The monoisotopic (exact) mass is 490 g/mol. The number of pyridine rings is 1. The Balaban J connectivity index is 1.52. The summed E-state index contributed by atoms with van der Waals surface area (Å²) in [5.74, 6) is 1.57. The Morgan fingerprint density at radius 3 is 2.66 bits per heavy atom. The van der Waals surface area contributed by atoms with Crippen molar-refractivity contribution in [1.29, 1.82) is 0 Å². The van der Waals surface area contributed by atoms with Gasteiger partial charge in [0.05, 0.1) is 24.1 Å². The first-order valence-corrected chi connectivity index (χ1v) is 12.6. The Morgan fingerprint density at radius 2 is 1.97 bits per heavy atom. The first-order chi connectivity index (χ1) is 17.0. The third-order valence-corrected chi connectivity index (χ3v) is 6.60. The van der Waals surface area contributed by atoms with Crippen LogP contribution in [0.1, 0.15) is 57.0 Å². The lowest BCUT2D eigenvalue weighted by molar-refractivity contribution is 0.452. The number of hydrogen-bond acceptors (Lipinski definition) is 10. The van der Waals surface area contributed by atoms with Gasteiger partial charge in [-0.05, 0) is 44.6 Å². The molecule has 1 aliphatic rings. The summed E-state index contributed by atoms with van der Waals surface area (Å²) in [7, 11) is 0. The standard InChI is InChI=1S/C24H26N8O2S/c1-4-35-16-8-7-15(25-10-16)9-26-21-24(34)32(13(2)3)22-17(30-21)11-27-20(31-22)18-19(14-5-6-14)28-12-29-23(18)33/h7-8,10-14H,4-6,9H2,1-3H3,(H,26,30)(H,28,29,33). The van der Waals surface area contributed by atoms with Crippen LogP contribution in [0.15, 0.2) is 40.5 Å². The van der Waals surface area contributed by atoms with E-state index in [2.05, 4.69) is 42.1 Å². The van der Waals surface area contributed by atoms with Crippen molar-refractivity contribution in [2.24, 2.45) is 0 Å². The summed E-state index contributed by atoms with van der Waals surface area (Å²) in [6, 6.07) is 3.78. The van der Waals surface area contributed by atoms with Gasteiger partial charge >= 0.3 is 0 Å². The van der Waals surface area contributed by atoms with E-state index in [1.165, 1.54) is 6.33 Å². The molecule has 0 saturated heterocycles.